The van der Waals surface area contributed by atoms with Crippen LogP contribution in [0.5, 0.6) is 0 Å². The van der Waals surface area contributed by atoms with Gasteiger partial charge in [0.05, 0.1) is 172 Å². The van der Waals surface area contributed by atoms with Gasteiger partial charge >= 0.3 is 35.8 Å². The third kappa shape index (κ3) is 46.7. The summed E-state index contributed by atoms with van der Waals surface area (Å²) in [6.45, 7) is 25.3. The van der Waals surface area contributed by atoms with Gasteiger partial charge in [-0.05, 0) is 183 Å². The van der Waals surface area contributed by atoms with Crippen molar-refractivity contribution in [2.45, 2.75) is 105 Å². The van der Waals surface area contributed by atoms with Crippen molar-refractivity contribution in [1.29, 1.82) is 0 Å². The number of hydrogen-bond acceptors (Lipinski definition) is 25. The van der Waals surface area contributed by atoms with E-state index in [1.807, 2.05) is 93.5 Å². The number of hydrogen-bond donors (Lipinski definition) is 8. The molecule has 0 saturated carbocycles. The van der Waals surface area contributed by atoms with Gasteiger partial charge in [-0.1, -0.05) is 54.1 Å². The second kappa shape index (κ2) is 57.1. The number of carboxylic acids is 3. The molecule has 0 fully saturated rings. The highest BCUT2D eigenvalue weighted by molar-refractivity contribution is 6.67. The number of ether oxygens (including phenoxy) is 12. The number of aromatic carboxylic acids is 3. The highest BCUT2D eigenvalue weighted by Gasteiger charge is 2.22. The fraction of sp³-hybridized carbons (Fsp3) is 0.420. The monoisotopic (exact) mass is 1770 g/mol. The van der Waals surface area contributed by atoms with E-state index in [-0.39, 0.29) is 138 Å². The van der Waals surface area contributed by atoms with Gasteiger partial charge in [0.25, 0.3) is 34.8 Å². The molecule has 8 N–H and O–H groups in total. The molecule has 1 heterocycles. The van der Waals surface area contributed by atoms with Crippen molar-refractivity contribution in [2.75, 3.05) is 149 Å². The lowest BCUT2D eigenvalue weighted by molar-refractivity contribution is -0.157. The van der Waals surface area contributed by atoms with E-state index >= 15 is 0 Å². The summed E-state index contributed by atoms with van der Waals surface area (Å²) in [5.41, 5.74) is 2.21. The second-order valence-corrected chi connectivity index (χ2v) is 30.2. The van der Waals surface area contributed by atoms with Crippen molar-refractivity contribution >= 4 is 105 Å². The van der Waals surface area contributed by atoms with E-state index in [1.165, 1.54) is 60.7 Å². The van der Waals surface area contributed by atoms with Crippen molar-refractivity contribution in [3.8, 4) is 5.69 Å². The zero-order valence-corrected chi connectivity index (χ0v) is 72.7. The third-order valence-electron chi connectivity index (χ3n) is 15.5. The van der Waals surface area contributed by atoms with E-state index < -0.39 is 51.8 Å². The molecule has 0 aliphatic heterocycles. The Hall–Kier alpha value is -11.4. The maximum absolute atomic E-state index is 13.3. The largest absolute Gasteiger partial charge is 0.478 e. The molecule has 0 saturated heterocycles. The summed E-state index contributed by atoms with van der Waals surface area (Å²) < 4.78 is 65.6. The molecule has 0 spiro atoms. The van der Waals surface area contributed by atoms with Crippen molar-refractivity contribution < 1.29 is 130 Å². The molecule has 124 heavy (non-hydrogen) atoms. The van der Waals surface area contributed by atoms with Crippen LogP contribution in [-0.4, -0.2) is 251 Å². The molecular formula is C88H111Cl2N7O27. The molecule has 0 bridgehead atoms. The average molecular weight is 1770 g/mol. The molecule has 0 aliphatic rings. The first kappa shape index (κ1) is 105. The average Bonchev–Trinajstić information content (AvgIpc) is 1.20. The first-order valence-corrected chi connectivity index (χ1v) is 40.2. The standard InChI is InChI=1S/C38H44ClN5O8.C21H30ClNO7.C21H31NO8.C8H6O4/c1-26-7-5-10-30(23-26)44-16-13-33(43-44)42-37(48)31-25-29(39)11-12-32(31)41-36(47)28-9-6-8-27(24-28)35(46)40-15-18-50-20-22-51-21-19-49-17-14-34(45)52-38(2,3)4;1-21(2,3)30-18(24)7-9-27-11-13-29-14-12-28-10-8-23-20(26)17-6-4-5-16(15-17)19(22)25;1-21(2,3)30-18(23)7-9-27-11-13-29-14-12-28-10-8-22-19(24)16-5-4-6-17(15-16)20(25)26;9-7(10)5-2-1-3-6(4-5)8(11)12/h5-13,16,23-25H,14-15,17-22H2,1-4H3,(H,40,46)(H,41,47)(H,42,43,48);4-6,15H,7-14H2,1-3H3,(H,23,26);4-6,15H,7-14H2,1-3H3,(H,22,24)(H,25,26);1-4H,(H,9,10)(H,11,12). The van der Waals surface area contributed by atoms with Gasteiger partial charge in [0.1, 0.15) is 16.8 Å². The van der Waals surface area contributed by atoms with Gasteiger partial charge in [0, 0.05) is 64.7 Å². The molecular weight excluding hydrogens is 1660 g/mol. The first-order valence-electron chi connectivity index (χ1n) is 39.4. The summed E-state index contributed by atoms with van der Waals surface area (Å²) >= 11 is 11.6. The number of aromatic nitrogens is 2. The number of benzene rings is 6. The van der Waals surface area contributed by atoms with Crippen LogP contribution < -0.4 is 26.6 Å². The Morgan fingerprint density at radius 1 is 0.355 bits per heavy atom. The number of nitrogens with zero attached hydrogens (tertiary/aromatic N) is 2. The number of carbonyl (C=O) groups excluding carboxylic acids is 9. The van der Waals surface area contributed by atoms with Crippen molar-refractivity contribution in [1.82, 2.24) is 25.7 Å². The lowest BCUT2D eigenvalue weighted by Crippen LogP contribution is -2.28. The molecule has 0 unspecified atom stereocenters. The zero-order valence-electron chi connectivity index (χ0n) is 71.2. The van der Waals surface area contributed by atoms with Crippen LogP contribution in [0.4, 0.5) is 11.5 Å². The Kier molecular flexibility index (Phi) is 48.3. The van der Waals surface area contributed by atoms with E-state index in [0.717, 1.165) is 17.3 Å². The predicted molar refractivity (Wildman–Crippen MR) is 458 cm³/mol. The van der Waals surface area contributed by atoms with Gasteiger partial charge in [0.15, 0.2) is 5.82 Å². The molecule has 7 aromatic rings. The minimum absolute atomic E-state index is 0.0186. The molecule has 34 nitrogen and oxygen atoms in total. The Labute approximate surface area is 729 Å². The Balaban J connectivity index is 0.000000383. The van der Waals surface area contributed by atoms with Crippen LogP contribution in [0.15, 0.2) is 152 Å². The summed E-state index contributed by atoms with van der Waals surface area (Å²) in [5, 5.41) is 43.7. The van der Waals surface area contributed by atoms with Gasteiger partial charge < -0.3 is 98.7 Å². The number of carbonyl (C=O) groups is 12. The molecule has 6 aromatic carbocycles. The smallest absolute Gasteiger partial charge is 0.335 e. The zero-order chi connectivity index (χ0) is 91.5. The molecule has 0 radical (unpaired) electrons. The van der Waals surface area contributed by atoms with Crippen LogP contribution in [0.1, 0.15) is 180 Å². The van der Waals surface area contributed by atoms with Gasteiger partial charge in [0.2, 0.25) is 0 Å². The fourth-order valence-corrected chi connectivity index (χ4v) is 10.2. The number of anilines is 2. The minimum Gasteiger partial charge on any atom is -0.478 e. The lowest BCUT2D eigenvalue weighted by atomic mass is 10.1. The minimum atomic E-state index is -1.13. The molecule has 0 aliphatic carbocycles. The van der Waals surface area contributed by atoms with Crippen LogP contribution in [0.3, 0.4) is 0 Å². The van der Waals surface area contributed by atoms with Crippen LogP contribution in [-0.2, 0) is 71.2 Å². The quantitative estimate of drug-likeness (QED) is 0.00760. The van der Waals surface area contributed by atoms with Crippen molar-refractivity contribution in [2.24, 2.45) is 0 Å². The van der Waals surface area contributed by atoms with Gasteiger partial charge in [-0.15, -0.1) is 0 Å². The number of rotatable bonds is 48. The maximum atomic E-state index is 13.3. The van der Waals surface area contributed by atoms with Crippen LogP contribution in [0.25, 0.3) is 5.69 Å². The SMILES string of the molecule is CC(C)(C)OC(=O)CCOCCOCCOCCNC(=O)c1cccc(C(=O)Cl)c1.CC(C)(C)OC(=O)CCOCCOCCOCCNC(=O)c1cccc(C(=O)O)c1.Cc1cccc(-n2ccc(NC(=O)c3cc(Cl)ccc3NC(=O)c3cccc(C(=O)NCCOCCOCCOCCC(=O)OC(C)(C)C)c3)n2)c1.O=C(O)c1cccc(C(=O)O)c1. The second-order valence-electron chi connectivity index (χ2n) is 29.4. The predicted octanol–water partition coefficient (Wildman–Crippen LogP) is 11.4. The summed E-state index contributed by atoms with van der Waals surface area (Å²) in [6, 6.07) is 37.4. The Morgan fingerprint density at radius 2 is 0.669 bits per heavy atom. The molecule has 0 atom stereocenters. The van der Waals surface area contributed by atoms with Crippen LogP contribution >= 0.6 is 23.2 Å². The maximum Gasteiger partial charge on any atom is 0.335 e. The molecule has 674 valence electrons. The third-order valence-corrected chi connectivity index (χ3v) is 15.9. The first-order chi connectivity index (χ1) is 58.9. The Bertz CT molecular complexity index is 4430. The van der Waals surface area contributed by atoms with Crippen LogP contribution in [0, 0.1) is 6.92 Å². The van der Waals surface area contributed by atoms with E-state index in [1.54, 1.807) is 65.5 Å². The fourth-order valence-electron chi connectivity index (χ4n) is 9.95. The number of aryl methyl sites for hydroxylation is 1. The number of nitrogens with one attached hydrogen (secondary N) is 5. The van der Waals surface area contributed by atoms with Gasteiger partial charge in [-0.3, -0.25) is 43.2 Å². The molecule has 1 aromatic heterocycles. The summed E-state index contributed by atoms with van der Waals surface area (Å²) in [6.07, 6.45) is 2.32. The van der Waals surface area contributed by atoms with Crippen LogP contribution in [0.2, 0.25) is 5.02 Å². The molecule has 36 heteroatoms. The Morgan fingerprint density at radius 3 is 1.02 bits per heavy atom. The van der Waals surface area contributed by atoms with E-state index in [9.17, 15) is 57.5 Å². The number of carboxylic acid groups (broad SMARTS) is 3. The summed E-state index contributed by atoms with van der Waals surface area (Å²) in [5.74, 6) is -5.99. The lowest BCUT2D eigenvalue weighted by Gasteiger charge is -2.19. The summed E-state index contributed by atoms with van der Waals surface area (Å²) in [7, 11) is 0. The van der Waals surface area contributed by atoms with Crippen molar-refractivity contribution in [3.05, 3.63) is 212 Å². The topological polar surface area (TPSA) is 454 Å². The van der Waals surface area contributed by atoms with Gasteiger partial charge in [-0.25, -0.2) is 19.1 Å². The highest BCUT2D eigenvalue weighted by atomic mass is 35.5. The van der Waals surface area contributed by atoms with E-state index in [0.29, 0.717) is 122 Å². The van der Waals surface area contributed by atoms with E-state index in [4.69, 9.17) is 95.4 Å². The molecule has 7 rings (SSSR count). The number of amides is 5. The van der Waals surface area contributed by atoms with Gasteiger partial charge in [-0.2, -0.15) is 5.10 Å². The van der Waals surface area contributed by atoms with E-state index in [2.05, 4.69) is 31.7 Å². The number of halogens is 2. The van der Waals surface area contributed by atoms with Crippen molar-refractivity contribution in [3.63, 3.8) is 0 Å². The normalized spacial score (nSPS) is 11.0. The summed E-state index contributed by atoms with van der Waals surface area (Å²) in [4.78, 5) is 141. The highest BCUT2D eigenvalue weighted by Crippen LogP contribution is 2.24. The number of esters is 3. The molecule has 5 amide bonds.